The second-order valence-corrected chi connectivity index (χ2v) is 6.42. The number of pyridine rings is 1. The molecular weight excluding hydrogens is 318 g/mol. The van der Waals surface area contributed by atoms with Crippen molar-refractivity contribution < 1.29 is 4.79 Å². The molecule has 2 aromatic heterocycles. The van der Waals surface area contributed by atoms with Crippen LogP contribution in [0, 0.1) is 18.3 Å². The molecule has 3 heterocycles. The number of aryl methyl sites for hydroxylation is 2. The number of likely N-dealkylation sites (tertiary alicyclic amines) is 1. The molecule has 0 unspecified atom stereocenters. The van der Waals surface area contributed by atoms with Crippen LogP contribution >= 0.6 is 0 Å². The zero-order valence-electron chi connectivity index (χ0n) is 14.4. The Morgan fingerprint density at radius 2 is 2.32 bits per heavy atom. The number of nitriles is 1. The molecule has 7 nitrogen and oxygen atoms in total. The van der Waals surface area contributed by atoms with E-state index in [1.165, 1.54) is 11.6 Å². The highest BCUT2D eigenvalue weighted by molar-refractivity contribution is 5.95. The molecular formula is C18H21N5O2. The molecule has 130 valence electrons. The highest BCUT2D eigenvalue weighted by Gasteiger charge is 2.28. The van der Waals surface area contributed by atoms with Gasteiger partial charge >= 0.3 is 0 Å². The molecule has 0 saturated carbocycles. The van der Waals surface area contributed by atoms with E-state index in [0.717, 1.165) is 25.0 Å². The fourth-order valence-corrected chi connectivity index (χ4v) is 3.45. The van der Waals surface area contributed by atoms with Crippen molar-refractivity contribution in [1.29, 1.82) is 5.26 Å². The van der Waals surface area contributed by atoms with Gasteiger partial charge in [0.2, 0.25) is 0 Å². The van der Waals surface area contributed by atoms with Crippen LogP contribution in [0.4, 0.5) is 0 Å². The summed E-state index contributed by atoms with van der Waals surface area (Å²) < 4.78 is 0. The van der Waals surface area contributed by atoms with Crippen LogP contribution in [0.1, 0.15) is 58.6 Å². The summed E-state index contributed by atoms with van der Waals surface area (Å²) in [6.07, 6.45) is 4.67. The maximum Gasteiger partial charge on any atom is 0.266 e. The van der Waals surface area contributed by atoms with Crippen molar-refractivity contribution >= 4 is 5.91 Å². The molecule has 0 aromatic carbocycles. The molecule has 1 fully saturated rings. The first-order valence-electron chi connectivity index (χ1n) is 8.50. The van der Waals surface area contributed by atoms with Crippen LogP contribution in [-0.2, 0) is 6.42 Å². The number of nitrogens with zero attached hydrogens (tertiary/aromatic N) is 3. The van der Waals surface area contributed by atoms with E-state index in [-0.39, 0.29) is 17.4 Å². The Morgan fingerprint density at radius 1 is 1.52 bits per heavy atom. The maximum absolute atomic E-state index is 12.9. The number of rotatable bonds is 3. The van der Waals surface area contributed by atoms with Crippen LogP contribution in [-0.4, -0.2) is 39.1 Å². The van der Waals surface area contributed by atoms with Crippen molar-refractivity contribution in [1.82, 2.24) is 20.1 Å². The van der Waals surface area contributed by atoms with Crippen molar-refractivity contribution in [3.63, 3.8) is 0 Å². The number of aromatic amines is 2. The third-order valence-corrected chi connectivity index (χ3v) is 4.84. The van der Waals surface area contributed by atoms with Crippen molar-refractivity contribution in [3.05, 3.63) is 50.7 Å². The molecule has 7 heteroatoms. The monoisotopic (exact) mass is 339 g/mol. The average Bonchev–Trinajstić information content (AvgIpc) is 3.10. The Morgan fingerprint density at radius 3 is 3.04 bits per heavy atom. The fourth-order valence-electron chi connectivity index (χ4n) is 3.45. The summed E-state index contributed by atoms with van der Waals surface area (Å²) in [7, 11) is 0. The predicted octanol–water partition coefficient (Wildman–Crippen LogP) is 1.86. The number of nitrogens with one attached hydrogen (secondary N) is 2. The fraction of sp³-hybridized carbons (Fsp3) is 0.444. The summed E-state index contributed by atoms with van der Waals surface area (Å²) in [4.78, 5) is 29.0. The molecule has 1 saturated heterocycles. The van der Waals surface area contributed by atoms with E-state index < -0.39 is 5.56 Å². The Labute approximate surface area is 145 Å². The number of carbonyl (C=O) groups is 1. The summed E-state index contributed by atoms with van der Waals surface area (Å²) in [5.41, 5.74) is 2.67. The van der Waals surface area contributed by atoms with E-state index in [9.17, 15) is 9.59 Å². The van der Waals surface area contributed by atoms with Crippen LogP contribution in [0.3, 0.4) is 0 Å². The van der Waals surface area contributed by atoms with E-state index >= 15 is 0 Å². The van der Waals surface area contributed by atoms with Gasteiger partial charge in [0.25, 0.3) is 11.5 Å². The molecule has 1 atom stereocenters. The second kappa shape index (κ2) is 6.93. The summed E-state index contributed by atoms with van der Waals surface area (Å²) in [6.45, 7) is 5.05. The Balaban J connectivity index is 1.86. The van der Waals surface area contributed by atoms with Crippen LogP contribution in [0.5, 0.6) is 0 Å². The molecule has 1 amide bonds. The highest BCUT2D eigenvalue weighted by atomic mass is 16.2. The van der Waals surface area contributed by atoms with Crippen molar-refractivity contribution in [2.45, 2.75) is 39.0 Å². The molecule has 1 aliphatic heterocycles. The average molecular weight is 339 g/mol. The molecule has 0 aliphatic carbocycles. The summed E-state index contributed by atoms with van der Waals surface area (Å²) >= 11 is 0. The van der Waals surface area contributed by atoms with Gasteiger partial charge in [0.05, 0.1) is 11.8 Å². The zero-order valence-corrected chi connectivity index (χ0v) is 14.4. The van der Waals surface area contributed by atoms with Crippen molar-refractivity contribution in [2.75, 3.05) is 13.1 Å². The summed E-state index contributed by atoms with van der Waals surface area (Å²) in [6, 6.07) is 3.24. The smallest absolute Gasteiger partial charge is 0.266 e. The second-order valence-electron chi connectivity index (χ2n) is 6.42. The molecule has 2 N–H and O–H groups in total. The van der Waals surface area contributed by atoms with E-state index in [4.69, 9.17) is 5.26 Å². The number of carbonyl (C=O) groups excluding carboxylic acids is 1. The number of hydrogen-bond acceptors (Lipinski definition) is 4. The van der Waals surface area contributed by atoms with Gasteiger partial charge in [-0.1, -0.05) is 6.92 Å². The van der Waals surface area contributed by atoms with Gasteiger partial charge in [0, 0.05) is 30.4 Å². The van der Waals surface area contributed by atoms with E-state index in [2.05, 4.69) is 22.1 Å². The summed E-state index contributed by atoms with van der Waals surface area (Å²) in [5.74, 6) is 0.0844. The standard InChI is InChI=1S/C18H21N5O2/c1-3-12-9-20-22-16(12)13-5-4-6-23(10-13)18(25)15-7-14(8-19)17(24)21-11(15)2/h7,9,13H,3-6,10H2,1-2H3,(H,20,22)(H,21,24)/t13-/m1/s1. The topological polar surface area (TPSA) is 106 Å². The van der Waals surface area contributed by atoms with Crippen molar-refractivity contribution in [3.8, 4) is 6.07 Å². The lowest BCUT2D eigenvalue weighted by atomic mass is 9.91. The molecule has 25 heavy (non-hydrogen) atoms. The van der Waals surface area contributed by atoms with Gasteiger partial charge in [-0.15, -0.1) is 0 Å². The molecule has 3 rings (SSSR count). The van der Waals surface area contributed by atoms with Gasteiger partial charge < -0.3 is 9.88 Å². The van der Waals surface area contributed by atoms with Gasteiger partial charge in [-0.3, -0.25) is 14.7 Å². The normalized spacial score (nSPS) is 17.3. The van der Waals surface area contributed by atoms with Gasteiger partial charge in [-0.2, -0.15) is 10.4 Å². The van der Waals surface area contributed by atoms with Crippen LogP contribution in [0.15, 0.2) is 17.1 Å². The van der Waals surface area contributed by atoms with E-state index in [0.29, 0.717) is 24.3 Å². The van der Waals surface area contributed by atoms with E-state index in [1.807, 2.05) is 12.3 Å². The van der Waals surface area contributed by atoms with Crippen LogP contribution in [0.2, 0.25) is 0 Å². The number of piperidine rings is 1. The van der Waals surface area contributed by atoms with Crippen LogP contribution < -0.4 is 5.56 Å². The minimum absolute atomic E-state index is 0.0376. The maximum atomic E-state index is 12.9. The van der Waals surface area contributed by atoms with Gasteiger partial charge in [0.15, 0.2) is 0 Å². The quantitative estimate of drug-likeness (QED) is 0.890. The molecule has 0 radical (unpaired) electrons. The molecule has 0 bridgehead atoms. The third kappa shape index (κ3) is 3.20. The molecule has 2 aromatic rings. The zero-order chi connectivity index (χ0) is 18.0. The van der Waals surface area contributed by atoms with Gasteiger partial charge in [-0.05, 0) is 37.8 Å². The lowest BCUT2D eigenvalue weighted by Gasteiger charge is -2.33. The Hall–Kier alpha value is -2.88. The molecule has 1 aliphatic rings. The van der Waals surface area contributed by atoms with Crippen LogP contribution in [0.25, 0.3) is 0 Å². The largest absolute Gasteiger partial charge is 0.338 e. The predicted molar refractivity (Wildman–Crippen MR) is 92.4 cm³/mol. The Kier molecular flexibility index (Phi) is 4.70. The first-order valence-corrected chi connectivity index (χ1v) is 8.50. The summed E-state index contributed by atoms with van der Waals surface area (Å²) in [5, 5.41) is 16.3. The minimum Gasteiger partial charge on any atom is -0.338 e. The number of hydrogen-bond donors (Lipinski definition) is 2. The minimum atomic E-state index is -0.460. The lowest BCUT2D eigenvalue weighted by Crippen LogP contribution is -2.40. The lowest BCUT2D eigenvalue weighted by molar-refractivity contribution is 0.0704. The Bertz CT molecular complexity index is 890. The van der Waals surface area contributed by atoms with Gasteiger partial charge in [-0.25, -0.2) is 0 Å². The number of H-pyrrole nitrogens is 2. The number of amides is 1. The van der Waals surface area contributed by atoms with Gasteiger partial charge in [0.1, 0.15) is 11.6 Å². The third-order valence-electron chi connectivity index (χ3n) is 4.84. The van der Waals surface area contributed by atoms with Crippen molar-refractivity contribution in [2.24, 2.45) is 0 Å². The molecule has 0 spiro atoms. The first-order chi connectivity index (χ1) is 12.0. The highest BCUT2D eigenvalue weighted by Crippen LogP contribution is 2.29. The number of aromatic nitrogens is 3. The van der Waals surface area contributed by atoms with E-state index in [1.54, 1.807) is 11.8 Å². The first kappa shape index (κ1) is 17.0. The SMILES string of the molecule is CCc1cn[nH]c1[C@@H]1CCCN(C(=O)c2cc(C#N)c(=O)[nH]c2C)C1.